The van der Waals surface area contributed by atoms with E-state index in [0.717, 1.165) is 42.7 Å². The van der Waals surface area contributed by atoms with Gasteiger partial charge in [0.2, 0.25) is 0 Å². The van der Waals surface area contributed by atoms with Crippen molar-refractivity contribution in [3.8, 4) is 0 Å². The summed E-state index contributed by atoms with van der Waals surface area (Å²) in [5.41, 5.74) is 3.16. The molecule has 2 aliphatic rings. The van der Waals surface area contributed by atoms with Gasteiger partial charge in [-0.05, 0) is 49.2 Å². The number of anilines is 1. The van der Waals surface area contributed by atoms with Crippen molar-refractivity contribution in [2.45, 2.75) is 67.4 Å². The minimum atomic E-state index is -2.06. The standard InChI is InChI=1S/C27H33Cl3N2O4/c28-27(29,30)26(34)31-22-8-6-7-21(15-22)25-35-23(17-32-13-4-2-1-3-5-14-32)16-24(36-25)20-11-9-19(18-33)10-12-20/h6-12,15,23-25,33H,1-5,13-14,16-18H2,(H,31,34). The number of rotatable bonds is 6. The van der Waals surface area contributed by atoms with Gasteiger partial charge in [-0.2, -0.15) is 0 Å². The van der Waals surface area contributed by atoms with Crippen LogP contribution in [0.1, 0.15) is 67.6 Å². The molecule has 2 fully saturated rings. The Balaban J connectivity index is 1.54. The van der Waals surface area contributed by atoms with Crippen LogP contribution in [0, 0.1) is 0 Å². The first-order valence-corrected chi connectivity index (χ1v) is 13.7. The quantitative estimate of drug-likeness (QED) is 0.409. The smallest absolute Gasteiger partial charge is 0.276 e. The van der Waals surface area contributed by atoms with Crippen LogP contribution in [0.5, 0.6) is 0 Å². The summed E-state index contributed by atoms with van der Waals surface area (Å²) in [6.45, 7) is 3.01. The number of aliphatic hydroxyl groups is 1. The van der Waals surface area contributed by atoms with Crippen molar-refractivity contribution in [1.29, 1.82) is 0 Å². The molecule has 9 heteroatoms. The van der Waals surface area contributed by atoms with Crippen molar-refractivity contribution in [2.24, 2.45) is 0 Å². The van der Waals surface area contributed by atoms with Gasteiger partial charge < -0.3 is 24.8 Å². The molecule has 0 radical (unpaired) electrons. The van der Waals surface area contributed by atoms with Gasteiger partial charge in [0.1, 0.15) is 0 Å². The summed E-state index contributed by atoms with van der Waals surface area (Å²) in [7, 11) is 0. The van der Waals surface area contributed by atoms with Gasteiger partial charge in [0, 0.05) is 24.2 Å². The summed E-state index contributed by atoms with van der Waals surface area (Å²) in [5, 5.41) is 12.1. The number of nitrogens with one attached hydrogen (secondary N) is 1. The molecule has 0 bridgehead atoms. The molecule has 2 saturated heterocycles. The molecule has 2 aliphatic heterocycles. The Labute approximate surface area is 227 Å². The zero-order valence-corrected chi connectivity index (χ0v) is 22.4. The fourth-order valence-electron chi connectivity index (χ4n) is 4.78. The molecular weight excluding hydrogens is 523 g/mol. The fraction of sp³-hybridized carbons (Fsp3) is 0.519. The van der Waals surface area contributed by atoms with Crippen molar-refractivity contribution in [3.63, 3.8) is 0 Å². The molecule has 3 unspecified atom stereocenters. The second-order valence-electron chi connectivity index (χ2n) is 9.50. The minimum Gasteiger partial charge on any atom is -0.392 e. The van der Waals surface area contributed by atoms with E-state index in [1.807, 2.05) is 36.4 Å². The Morgan fingerprint density at radius 3 is 2.33 bits per heavy atom. The molecule has 196 valence electrons. The minimum absolute atomic E-state index is 0.00182. The van der Waals surface area contributed by atoms with Crippen LogP contribution >= 0.6 is 34.8 Å². The van der Waals surface area contributed by atoms with Crippen molar-refractivity contribution >= 4 is 46.4 Å². The van der Waals surface area contributed by atoms with Gasteiger partial charge in [-0.1, -0.05) is 90.5 Å². The van der Waals surface area contributed by atoms with Crippen molar-refractivity contribution < 1.29 is 19.4 Å². The summed E-state index contributed by atoms with van der Waals surface area (Å²) >= 11 is 17.1. The highest BCUT2D eigenvalue weighted by Gasteiger charge is 2.34. The summed E-state index contributed by atoms with van der Waals surface area (Å²) in [4.78, 5) is 14.7. The third kappa shape index (κ3) is 7.81. The molecule has 0 spiro atoms. The molecule has 36 heavy (non-hydrogen) atoms. The lowest BCUT2D eigenvalue weighted by atomic mass is 9.99. The van der Waals surface area contributed by atoms with Crippen LogP contribution < -0.4 is 5.32 Å². The molecule has 0 aromatic heterocycles. The van der Waals surface area contributed by atoms with E-state index in [2.05, 4.69) is 10.2 Å². The van der Waals surface area contributed by atoms with Gasteiger partial charge in [-0.3, -0.25) is 4.79 Å². The number of aliphatic hydroxyl groups excluding tert-OH is 1. The number of amides is 1. The SMILES string of the molecule is O=C(Nc1cccc(C2OC(CN3CCCCCCC3)CC(c3ccc(CO)cc3)O2)c1)C(Cl)(Cl)Cl. The summed E-state index contributed by atoms with van der Waals surface area (Å²) in [6, 6.07) is 15.1. The van der Waals surface area contributed by atoms with Crippen LogP contribution in [-0.2, 0) is 20.9 Å². The van der Waals surface area contributed by atoms with E-state index in [1.165, 1.54) is 32.1 Å². The molecule has 0 saturated carbocycles. The average molecular weight is 556 g/mol. The molecule has 6 nitrogen and oxygen atoms in total. The van der Waals surface area contributed by atoms with Crippen molar-refractivity contribution in [2.75, 3.05) is 25.0 Å². The maximum absolute atomic E-state index is 12.1. The number of halogens is 3. The summed E-state index contributed by atoms with van der Waals surface area (Å²) in [6.07, 6.45) is 6.22. The van der Waals surface area contributed by atoms with Crippen LogP contribution in [0.25, 0.3) is 0 Å². The van der Waals surface area contributed by atoms with E-state index in [9.17, 15) is 9.90 Å². The second-order valence-corrected chi connectivity index (χ2v) is 11.8. The van der Waals surface area contributed by atoms with Crippen LogP contribution in [0.2, 0.25) is 0 Å². The van der Waals surface area contributed by atoms with E-state index in [1.54, 1.807) is 12.1 Å². The number of carbonyl (C=O) groups is 1. The molecule has 1 amide bonds. The highest BCUT2D eigenvalue weighted by atomic mass is 35.6. The van der Waals surface area contributed by atoms with Gasteiger partial charge in [0.05, 0.1) is 18.8 Å². The highest BCUT2D eigenvalue weighted by molar-refractivity contribution is 6.76. The monoisotopic (exact) mass is 554 g/mol. The maximum atomic E-state index is 12.1. The Hall–Kier alpha value is -1.38. The lowest BCUT2D eigenvalue weighted by Gasteiger charge is -2.39. The van der Waals surface area contributed by atoms with Crippen molar-refractivity contribution in [1.82, 2.24) is 4.90 Å². The Bertz CT molecular complexity index is 991. The van der Waals surface area contributed by atoms with E-state index in [0.29, 0.717) is 5.69 Å². The predicted octanol–water partition coefficient (Wildman–Crippen LogP) is 6.30. The molecule has 3 atom stereocenters. The van der Waals surface area contributed by atoms with Crippen LogP contribution in [0.4, 0.5) is 5.69 Å². The van der Waals surface area contributed by atoms with Gasteiger partial charge in [0.15, 0.2) is 6.29 Å². The zero-order chi connectivity index (χ0) is 25.5. The number of nitrogens with zero attached hydrogens (tertiary/aromatic N) is 1. The second kappa shape index (κ2) is 12.9. The van der Waals surface area contributed by atoms with Gasteiger partial charge in [-0.15, -0.1) is 0 Å². The molecule has 4 rings (SSSR count). The number of likely N-dealkylation sites (tertiary alicyclic amines) is 1. The highest BCUT2D eigenvalue weighted by Crippen LogP contribution is 2.39. The molecule has 0 aliphatic carbocycles. The Morgan fingerprint density at radius 2 is 1.67 bits per heavy atom. The number of ether oxygens (including phenoxy) is 2. The normalized spacial score (nSPS) is 24.1. The topological polar surface area (TPSA) is 71.0 Å². The number of hydrogen-bond donors (Lipinski definition) is 2. The van der Waals surface area contributed by atoms with E-state index in [4.69, 9.17) is 44.3 Å². The first-order chi connectivity index (χ1) is 17.3. The van der Waals surface area contributed by atoms with E-state index < -0.39 is 16.0 Å². The lowest BCUT2D eigenvalue weighted by molar-refractivity contribution is -0.253. The summed E-state index contributed by atoms with van der Waals surface area (Å²) < 4.78 is 10.8. The number of alkyl halides is 3. The largest absolute Gasteiger partial charge is 0.392 e. The van der Waals surface area contributed by atoms with Crippen LogP contribution in [-0.4, -0.2) is 45.4 Å². The molecular formula is C27H33Cl3N2O4. The fourth-order valence-corrected chi connectivity index (χ4v) is 4.92. The number of benzene rings is 2. The van der Waals surface area contributed by atoms with Gasteiger partial charge >= 0.3 is 0 Å². The third-order valence-corrected chi connectivity index (χ3v) is 7.21. The first kappa shape index (κ1) is 27.6. The molecule has 2 aromatic rings. The Morgan fingerprint density at radius 1 is 0.972 bits per heavy atom. The first-order valence-electron chi connectivity index (χ1n) is 12.5. The Kier molecular flexibility index (Phi) is 9.92. The van der Waals surface area contributed by atoms with Crippen LogP contribution in [0.3, 0.4) is 0 Å². The van der Waals surface area contributed by atoms with E-state index in [-0.39, 0.29) is 18.8 Å². The third-order valence-electron chi connectivity index (χ3n) is 6.70. The zero-order valence-electron chi connectivity index (χ0n) is 20.2. The van der Waals surface area contributed by atoms with Crippen molar-refractivity contribution in [3.05, 3.63) is 65.2 Å². The average Bonchev–Trinajstić information content (AvgIpc) is 2.85. The summed E-state index contributed by atoms with van der Waals surface area (Å²) in [5.74, 6) is -0.730. The lowest BCUT2D eigenvalue weighted by Crippen LogP contribution is -2.40. The number of hydrogen-bond acceptors (Lipinski definition) is 5. The van der Waals surface area contributed by atoms with Crippen LogP contribution in [0.15, 0.2) is 48.5 Å². The van der Waals surface area contributed by atoms with Gasteiger partial charge in [0.25, 0.3) is 9.70 Å². The molecule has 2 heterocycles. The van der Waals surface area contributed by atoms with E-state index >= 15 is 0 Å². The molecule has 2 N–H and O–H groups in total. The maximum Gasteiger partial charge on any atom is 0.276 e. The number of carbonyl (C=O) groups excluding carboxylic acids is 1. The van der Waals surface area contributed by atoms with Gasteiger partial charge in [-0.25, -0.2) is 0 Å². The predicted molar refractivity (Wildman–Crippen MR) is 143 cm³/mol. The molecule has 2 aromatic carbocycles.